The molecule has 1 aliphatic rings. The Labute approximate surface area is 208 Å². The fourth-order valence-electron chi connectivity index (χ4n) is 4.48. The van der Waals surface area contributed by atoms with Crippen LogP contribution in [-0.2, 0) is 6.54 Å². The standard InChI is InChI=1S/C27H27N3O6/c1-15-10-23-25(27(31)30(15)14-16-8-6-7-9-19(16)32-2)24(18(13-28)26(29)36-23)17-11-21(34-4)22(35-5)12-20(17)33-3/h6-12,24H,14,29H2,1-5H3. The van der Waals surface area contributed by atoms with Crippen LogP contribution >= 0.6 is 0 Å². The third kappa shape index (κ3) is 4.07. The van der Waals surface area contributed by atoms with Crippen molar-refractivity contribution >= 4 is 0 Å². The number of nitrogens with zero attached hydrogens (tertiary/aromatic N) is 2. The lowest BCUT2D eigenvalue weighted by Crippen LogP contribution is -2.33. The predicted molar refractivity (Wildman–Crippen MR) is 133 cm³/mol. The highest BCUT2D eigenvalue weighted by Gasteiger charge is 2.37. The summed E-state index contributed by atoms with van der Waals surface area (Å²) in [5.41, 5.74) is 8.22. The molecular formula is C27H27N3O6. The lowest BCUT2D eigenvalue weighted by molar-refractivity contribution is 0.346. The van der Waals surface area contributed by atoms with Gasteiger partial charge in [0.2, 0.25) is 5.88 Å². The highest BCUT2D eigenvalue weighted by molar-refractivity contribution is 5.62. The summed E-state index contributed by atoms with van der Waals surface area (Å²) in [5, 5.41) is 10.0. The molecule has 0 bridgehead atoms. The van der Waals surface area contributed by atoms with Crippen LogP contribution in [0.15, 0.2) is 58.7 Å². The second-order valence-electron chi connectivity index (χ2n) is 8.14. The number of para-hydroxylation sites is 1. The monoisotopic (exact) mass is 489 g/mol. The first-order valence-electron chi connectivity index (χ1n) is 11.1. The number of hydrogen-bond acceptors (Lipinski definition) is 8. The number of nitriles is 1. The summed E-state index contributed by atoms with van der Waals surface area (Å²) in [6, 6.07) is 14.7. The van der Waals surface area contributed by atoms with Gasteiger partial charge in [-0.25, -0.2) is 0 Å². The molecule has 36 heavy (non-hydrogen) atoms. The summed E-state index contributed by atoms with van der Waals surface area (Å²) < 4.78 is 29.4. The molecule has 0 radical (unpaired) electrons. The van der Waals surface area contributed by atoms with Crippen LogP contribution < -0.4 is 35.0 Å². The zero-order valence-electron chi connectivity index (χ0n) is 20.7. The molecule has 1 aromatic heterocycles. The van der Waals surface area contributed by atoms with Crippen LogP contribution in [0.2, 0.25) is 0 Å². The number of aryl methyl sites for hydroxylation is 1. The molecule has 0 saturated heterocycles. The van der Waals surface area contributed by atoms with E-state index in [1.165, 1.54) is 21.3 Å². The predicted octanol–water partition coefficient (Wildman–Crippen LogP) is 3.46. The van der Waals surface area contributed by atoms with Crippen LogP contribution in [-0.4, -0.2) is 33.0 Å². The quantitative estimate of drug-likeness (QED) is 0.536. The molecule has 0 amide bonds. The minimum atomic E-state index is -0.856. The van der Waals surface area contributed by atoms with Gasteiger partial charge in [0, 0.05) is 29.0 Å². The van der Waals surface area contributed by atoms with Crippen molar-refractivity contribution in [1.82, 2.24) is 4.57 Å². The van der Waals surface area contributed by atoms with Gasteiger partial charge in [-0.1, -0.05) is 18.2 Å². The van der Waals surface area contributed by atoms with E-state index < -0.39 is 5.92 Å². The topological polar surface area (TPSA) is 118 Å². The number of fused-ring (bicyclic) bond motifs is 1. The van der Waals surface area contributed by atoms with E-state index in [9.17, 15) is 10.1 Å². The van der Waals surface area contributed by atoms with Crippen molar-refractivity contribution < 1.29 is 23.7 Å². The highest BCUT2D eigenvalue weighted by atomic mass is 16.5. The van der Waals surface area contributed by atoms with E-state index in [0.717, 1.165) is 5.56 Å². The van der Waals surface area contributed by atoms with E-state index in [-0.39, 0.29) is 34.9 Å². The first-order chi connectivity index (χ1) is 17.4. The van der Waals surface area contributed by atoms with E-state index >= 15 is 0 Å². The number of hydrogen-bond donors (Lipinski definition) is 1. The fourth-order valence-corrected chi connectivity index (χ4v) is 4.48. The zero-order valence-corrected chi connectivity index (χ0v) is 20.7. The molecule has 186 valence electrons. The number of methoxy groups -OCH3 is 4. The van der Waals surface area contributed by atoms with Crippen molar-refractivity contribution in [1.29, 1.82) is 5.26 Å². The summed E-state index contributed by atoms with van der Waals surface area (Å²) in [7, 11) is 6.10. The smallest absolute Gasteiger partial charge is 0.259 e. The molecule has 0 spiro atoms. The maximum absolute atomic E-state index is 14.0. The van der Waals surface area contributed by atoms with Crippen LogP contribution in [0, 0.1) is 18.3 Å². The van der Waals surface area contributed by atoms with Gasteiger partial charge in [-0.3, -0.25) is 4.79 Å². The maximum atomic E-state index is 14.0. The Morgan fingerprint density at radius 2 is 1.61 bits per heavy atom. The molecule has 0 saturated carbocycles. The van der Waals surface area contributed by atoms with E-state index in [1.54, 1.807) is 29.9 Å². The summed E-state index contributed by atoms with van der Waals surface area (Å²) in [4.78, 5) is 14.0. The van der Waals surface area contributed by atoms with Gasteiger partial charge in [-0.05, 0) is 19.1 Å². The first-order valence-corrected chi connectivity index (χ1v) is 11.1. The normalized spacial score (nSPS) is 14.4. The van der Waals surface area contributed by atoms with Crippen molar-refractivity contribution in [2.75, 3.05) is 28.4 Å². The molecule has 2 heterocycles. The van der Waals surface area contributed by atoms with Gasteiger partial charge in [-0.2, -0.15) is 5.26 Å². The Hall–Kier alpha value is -4.58. The molecule has 1 atom stereocenters. The van der Waals surface area contributed by atoms with Gasteiger partial charge in [0.1, 0.15) is 28.9 Å². The van der Waals surface area contributed by atoms with Gasteiger partial charge < -0.3 is 34.0 Å². The number of allylic oxidation sites excluding steroid dienone is 1. The molecule has 2 aromatic carbocycles. The molecule has 2 N–H and O–H groups in total. The Morgan fingerprint density at radius 1 is 0.972 bits per heavy atom. The van der Waals surface area contributed by atoms with Crippen LogP contribution in [0.5, 0.6) is 28.7 Å². The van der Waals surface area contributed by atoms with E-state index in [2.05, 4.69) is 6.07 Å². The molecule has 1 aliphatic heterocycles. The minimum Gasteiger partial charge on any atom is -0.496 e. The lowest BCUT2D eigenvalue weighted by atomic mass is 9.83. The Morgan fingerprint density at radius 3 is 2.25 bits per heavy atom. The maximum Gasteiger partial charge on any atom is 0.259 e. The van der Waals surface area contributed by atoms with Gasteiger partial charge in [-0.15, -0.1) is 0 Å². The Bertz CT molecular complexity index is 1450. The molecule has 9 nitrogen and oxygen atoms in total. The average molecular weight is 490 g/mol. The Kier molecular flexibility index (Phi) is 6.79. The third-order valence-corrected chi connectivity index (χ3v) is 6.26. The fraction of sp³-hybridized carbons (Fsp3) is 0.259. The molecular weight excluding hydrogens is 462 g/mol. The van der Waals surface area contributed by atoms with Crippen LogP contribution in [0.1, 0.15) is 28.3 Å². The number of pyridine rings is 1. The number of aromatic nitrogens is 1. The van der Waals surface area contributed by atoms with Crippen molar-refractivity contribution in [2.24, 2.45) is 5.73 Å². The van der Waals surface area contributed by atoms with Crippen LogP contribution in [0.25, 0.3) is 0 Å². The molecule has 0 fully saturated rings. The second-order valence-corrected chi connectivity index (χ2v) is 8.14. The van der Waals surface area contributed by atoms with Crippen molar-refractivity contribution in [3.8, 4) is 34.8 Å². The van der Waals surface area contributed by atoms with Gasteiger partial charge >= 0.3 is 0 Å². The van der Waals surface area contributed by atoms with E-state index in [0.29, 0.717) is 34.3 Å². The third-order valence-electron chi connectivity index (χ3n) is 6.26. The first kappa shape index (κ1) is 24.5. The summed E-state index contributed by atoms with van der Waals surface area (Å²) in [6.07, 6.45) is 0. The Balaban J connectivity index is 1.99. The largest absolute Gasteiger partial charge is 0.496 e. The molecule has 4 rings (SSSR count). The minimum absolute atomic E-state index is 0.0758. The van der Waals surface area contributed by atoms with Crippen molar-refractivity contribution in [3.05, 3.63) is 86.7 Å². The van der Waals surface area contributed by atoms with Crippen LogP contribution in [0.4, 0.5) is 0 Å². The SMILES string of the molecule is COc1ccccc1Cn1c(C)cc2c(c1=O)C(c1cc(OC)c(OC)cc1OC)C(C#N)=C(N)O2. The molecule has 3 aromatic rings. The summed E-state index contributed by atoms with van der Waals surface area (Å²) in [6.45, 7) is 2.07. The number of ether oxygens (including phenoxy) is 5. The van der Waals surface area contributed by atoms with E-state index in [1.807, 2.05) is 31.2 Å². The number of benzene rings is 2. The van der Waals surface area contributed by atoms with Crippen molar-refractivity contribution in [3.63, 3.8) is 0 Å². The number of nitrogens with two attached hydrogens (primary N) is 1. The summed E-state index contributed by atoms with van der Waals surface area (Å²) in [5.74, 6) is 1.28. The highest BCUT2D eigenvalue weighted by Crippen LogP contribution is 2.46. The molecule has 9 heteroatoms. The van der Waals surface area contributed by atoms with Gasteiger partial charge in [0.15, 0.2) is 11.5 Å². The number of rotatable bonds is 7. The average Bonchev–Trinajstić information content (AvgIpc) is 2.89. The van der Waals surface area contributed by atoms with Crippen LogP contribution in [0.3, 0.4) is 0 Å². The van der Waals surface area contributed by atoms with Gasteiger partial charge in [0.25, 0.3) is 5.56 Å². The lowest BCUT2D eigenvalue weighted by Gasteiger charge is -2.28. The molecule has 1 unspecified atom stereocenters. The van der Waals surface area contributed by atoms with E-state index in [4.69, 9.17) is 29.4 Å². The summed E-state index contributed by atoms with van der Waals surface area (Å²) >= 11 is 0. The second kappa shape index (κ2) is 9.96. The van der Waals surface area contributed by atoms with Crippen molar-refractivity contribution in [2.45, 2.75) is 19.4 Å². The zero-order chi connectivity index (χ0) is 26.0. The van der Waals surface area contributed by atoms with Gasteiger partial charge in [0.05, 0.1) is 46.5 Å². The molecule has 0 aliphatic carbocycles.